The zero-order chi connectivity index (χ0) is 13.5. The van der Waals surface area contributed by atoms with Crippen molar-refractivity contribution < 1.29 is 14.6 Å². The van der Waals surface area contributed by atoms with Crippen molar-refractivity contribution in [3.8, 4) is 0 Å². The summed E-state index contributed by atoms with van der Waals surface area (Å²) in [6, 6.07) is 9.69. The quantitative estimate of drug-likeness (QED) is 0.911. The predicted molar refractivity (Wildman–Crippen MR) is 72.6 cm³/mol. The van der Waals surface area contributed by atoms with Gasteiger partial charge in [-0.15, -0.1) is 0 Å². The number of aliphatic hydroxyl groups excluding tert-OH is 1. The van der Waals surface area contributed by atoms with E-state index in [0.717, 1.165) is 31.4 Å². The number of hydrogen-bond acceptors (Lipinski definition) is 3. The normalized spacial score (nSPS) is 19.8. The maximum absolute atomic E-state index is 12.0. The topological polar surface area (TPSA) is 49.8 Å². The molecule has 1 aliphatic heterocycles. The molecule has 0 aliphatic carbocycles. The summed E-state index contributed by atoms with van der Waals surface area (Å²) in [6.45, 7) is 1.94. The summed E-state index contributed by atoms with van der Waals surface area (Å²) in [6.07, 6.45) is 2.53. The third-order valence-electron chi connectivity index (χ3n) is 3.57. The second-order valence-corrected chi connectivity index (χ2v) is 5.01. The van der Waals surface area contributed by atoms with E-state index in [-0.39, 0.29) is 12.7 Å². The molecule has 0 bridgehead atoms. The number of carbonyl (C=O) groups excluding carboxylic acids is 1. The van der Waals surface area contributed by atoms with Gasteiger partial charge in [0.25, 0.3) is 0 Å². The lowest BCUT2D eigenvalue weighted by Crippen LogP contribution is -2.32. The first-order valence-electron chi connectivity index (χ1n) is 6.86. The van der Waals surface area contributed by atoms with Crippen molar-refractivity contribution in [3.05, 3.63) is 35.9 Å². The highest BCUT2D eigenvalue weighted by molar-refractivity contribution is 5.67. The molecule has 1 aromatic rings. The van der Waals surface area contributed by atoms with Crippen LogP contribution in [0.3, 0.4) is 0 Å². The Hall–Kier alpha value is -1.55. The average Bonchev–Trinajstić information content (AvgIpc) is 2.71. The first kappa shape index (κ1) is 13.9. The van der Waals surface area contributed by atoms with Crippen molar-refractivity contribution in [1.82, 2.24) is 4.90 Å². The van der Waals surface area contributed by atoms with Gasteiger partial charge in [0.15, 0.2) is 0 Å². The predicted octanol–water partition coefficient (Wildman–Crippen LogP) is 2.42. The lowest BCUT2D eigenvalue weighted by atomic mass is 10.0. The number of ether oxygens (including phenoxy) is 1. The summed E-state index contributed by atoms with van der Waals surface area (Å²) in [5.41, 5.74) is 0.999. The summed E-state index contributed by atoms with van der Waals surface area (Å²) in [5.74, 6) is 0.326. The molecule has 1 unspecified atom stereocenters. The second kappa shape index (κ2) is 7.14. The molecular weight excluding hydrogens is 242 g/mol. The lowest BCUT2D eigenvalue weighted by Gasteiger charge is -2.20. The zero-order valence-corrected chi connectivity index (χ0v) is 11.1. The first-order chi connectivity index (χ1) is 9.29. The third-order valence-corrected chi connectivity index (χ3v) is 3.57. The second-order valence-electron chi connectivity index (χ2n) is 5.01. The van der Waals surface area contributed by atoms with Gasteiger partial charge in [-0.1, -0.05) is 30.3 Å². The minimum Gasteiger partial charge on any atom is -0.445 e. The van der Waals surface area contributed by atoms with Crippen LogP contribution < -0.4 is 0 Å². The molecule has 0 aromatic heterocycles. The van der Waals surface area contributed by atoms with Gasteiger partial charge < -0.3 is 14.7 Å². The van der Waals surface area contributed by atoms with Crippen LogP contribution in [0.25, 0.3) is 0 Å². The van der Waals surface area contributed by atoms with E-state index in [2.05, 4.69) is 0 Å². The molecule has 1 fully saturated rings. The molecule has 1 aromatic carbocycles. The molecule has 1 amide bonds. The van der Waals surface area contributed by atoms with Crippen molar-refractivity contribution in [1.29, 1.82) is 0 Å². The standard InChI is InChI=1S/C15H21NO3/c17-11-13-7-4-9-16(10-8-13)15(18)19-12-14-5-2-1-3-6-14/h1-3,5-6,13,17H,4,7-12H2. The maximum Gasteiger partial charge on any atom is 0.410 e. The van der Waals surface area contributed by atoms with Crippen molar-refractivity contribution in [2.45, 2.75) is 25.9 Å². The van der Waals surface area contributed by atoms with Crippen molar-refractivity contribution in [3.63, 3.8) is 0 Å². The zero-order valence-electron chi connectivity index (χ0n) is 11.1. The highest BCUT2D eigenvalue weighted by Crippen LogP contribution is 2.17. The summed E-state index contributed by atoms with van der Waals surface area (Å²) in [7, 11) is 0. The Morgan fingerprint density at radius 2 is 2.05 bits per heavy atom. The molecule has 2 rings (SSSR count). The molecule has 0 spiro atoms. The fraction of sp³-hybridized carbons (Fsp3) is 0.533. The Balaban J connectivity index is 1.79. The highest BCUT2D eigenvalue weighted by Gasteiger charge is 2.21. The molecule has 1 heterocycles. The van der Waals surface area contributed by atoms with E-state index in [1.54, 1.807) is 4.90 Å². The van der Waals surface area contributed by atoms with Gasteiger partial charge >= 0.3 is 6.09 Å². The van der Waals surface area contributed by atoms with E-state index in [0.29, 0.717) is 19.1 Å². The number of nitrogens with zero attached hydrogens (tertiary/aromatic N) is 1. The summed E-state index contributed by atoms with van der Waals surface area (Å²) in [4.78, 5) is 13.7. The van der Waals surface area contributed by atoms with Crippen LogP contribution in [-0.4, -0.2) is 35.8 Å². The third kappa shape index (κ3) is 4.24. The fourth-order valence-electron chi connectivity index (χ4n) is 2.34. The van der Waals surface area contributed by atoms with Gasteiger partial charge in [0, 0.05) is 19.7 Å². The smallest absolute Gasteiger partial charge is 0.410 e. The molecule has 4 nitrogen and oxygen atoms in total. The molecule has 19 heavy (non-hydrogen) atoms. The molecule has 4 heteroatoms. The molecule has 1 N–H and O–H groups in total. The van der Waals surface area contributed by atoms with Crippen LogP contribution in [-0.2, 0) is 11.3 Å². The summed E-state index contributed by atoms with van der Waals surface area (Å²) < 4.78 is 5.32. The van der Waals surface area contributed by atoms with E-state index in [1.165, 1.54) is 0 Å². The van der Waals surface area contributed by atoms with E-state index < -0.39 is 0 Å². The van der Waals surface area contributed by atoms with Crippen LogP contribution in [0.15, 0.2) is 30.3 Å². The van der Waals surface area contributed by atoms with Crippen LogP contribution in [0.5, 0.6) is 0 Å². The molecular formula is C15H21NO3. The molecule has 0 saturated carbocycles. The van der Waals surface area contributed by atoms with Crippen molar-refractivity contribution >= 4 is 6.09 Å². The maximum atomic E-state index is 12.0. The number of rotatable bonds is 3. The average molecular weight is 263 g/mol. The van der Waals surface area contributed by atoms with Gasteiger partial charge in [-0.2, -0.15) is 0 Å². The molecule has 0 radical (unpaired) electrons. The minimum absolute atomic E-state index is 0.215. The Morgan fingerprint density at radius 1 is 1.26 bits per heavy atom. The van der Waals surface area contributed by atoms with Gasteiger partial charge in [0.1, 0.15) is 6.61 Å². The Labute approximate surface area is 114 Å². The highest BCUT2D eigenvalue weighted by atomic mass is 16.6. The Bertz CT molecular complexity index is 394. The van der Waals surface area contributed by atoms with Gasteiger partial charge in [-0.25, -0.2) is 4.79 Å². The lowest BCUT2D eigenvalue weighted by molar-refractivity contribution is 0.0965. The molecule has 104 valence electrons. The van der Waals surface area contributed by atoms with E-state index in [9.17, 15) is 4.79 Å². The van der Waals surface area contributed by atoms with Crippen LogP contribution in [0.1, 0.15) is 24.8 Å². The largest absolute Gasteiger partial charge is 0.445 e. The Morgan fingerprint density at radius 3 is 2.79 bits per heavy atom. The van der Waals surface area contributed by atoms with E-state index in [4.69, 9.17) is 9.84 Å². The number of hydrogen-bond donors (Lipinski definition) is 1. The van der Waals surface area contributed by atoms with Crippen LogP contribution in [0.2, 0.25) is 0 Å². The molecule has 1 atom stereocenters. The van der Waals surface area contributed by atoms with Gasteiger partial charge in [0.05, 0.1) is 0 Å². The number of likely N-dealkylation sites (tertiary alicyclic amines) is 1. The minimum atomic E-state index is -0.248. The van der Waals surface area contributed by atoms with E-state index in [1.807, 2.05) is 30.3 Å². The van der Waals surface area contributed by atoms with E-state index >= 15 is 0 Å². The molecule has 1 aliphatic rings. The van der Waals surface area contributed by atoms with Gasteiger partial charge in [-0.3, -0.25) is 0 Å². The van der Waals surface area contributed by atoms with Gasteiger partial charge in [-0.05, 0) is 30.7 Å². The summed E-state index contributed by atoms with van der Waals surface area (Å²) in [5, 5.41) is 9.16. The molecule has 1 saturated heterocycles. The van der Waals surface area contributed by atoms with Crippen LogP contribution >= 0.6 is 0 Å². The monoisotopic (exact) mass is 263 g/mol. The Kier molecular flexibility index (Phi) is 5.21. The SMILES string of the molecule is O=C(OCc1ccccc1)N1CCCC(CO)CC1. The fourth-order valence-corrected chi connectivity index (χ4v) is 2.34. The number of carbonyl (C=O) groups is 1. The number of benzene rings is 1. The van der Waals surface area contributed by atoms with Crippen LogP contribution in [0, 0.1) is 5.92 Å². The summed E-state index contributed by atoms with van der Waals surface area (Å²) >= 11 is 0. The van der Waals surface area contributed by atoms with Gasteiger partial charge in [0.2, 0.25) is 0 Å². The first-order valence-corrected chi connectivity index (χ1v) is 6.86. The van der Waals surface area contributed by atoms with Crippen LogP contribution in [0.4, 0.5) is 4.79 Å². The number of aliphatic hydroxyl groups is 1. The van der Waals surface area contributed by atoms with Crippen molar-refractivity contribution in [2.24, 2.45) is 5.92 Å². The number of amides is 1. The van der Waals surface area contributed by atoms with Crippen molar-refractivity contribution in [2.75, 3.05) is 19.7 Å².